The van der Waals surface area contributed by atoms with E-state index in [0.717, 1.165) is 0 Å². The third-order valence-corrected chi connectivity index (χ3v) is 1.92. The number of hydrogen-bond donors (Lipinski definition) is 0. The van der Waals surface area contributed by atoms with Gasteiger partial charge in [0.1, 0.15) is 15.9 Å². The van der Waals surface area contributed by atoms with Crippen LogP contribution in [0.3, 0.4) is 0 Å². The molecular formula is C6H7Cl4NO2. The summed E-state index contributed by atoms with van der Waals surface area (Å²) < 4.78 is 0. The lowest BCUT2D eigenvalue weighted by molar-refractivity contribution is -0.142. The average Bonchev–Trinajstić information content (AvgIpc) is 2.04. The molecule has 0 fully saturated rings. The van der Waals surface area contributed by atoms with Crippen molar-refractivity contribution in [1.82, 2.24) is 0 Å². The van der Waals surface area contributed by atoms with Crippen LogP contribution in [0.2, 0.25) is 0 Å². The van der Waals surface area contributed by atoms with Crippen LogP contribution in [-0.2, 0) is 9.63 Å². The molecule has 0 aliphatic carbocycles. The third kappa shape index (κ3) is 5.57. The highest BCUT2D eigenvalue weighted by Gasteiger charge is 2.13. The summed E-state index contributed by atoms with van der Waals surface area (Å²) in [7, 11) is 0. The van der Waals surface area contributed by atoms with Gasteiger partial charge in [0.25, 0.3) is 0 Å². The zero-order chi connectivity index (χ0) is 10.4. The van der Waals surface area contributed by atoms with Gasteiger partial charge in [-0.05, 0) is 6.92 Å². The van der Waals surface area contributed by atoms with Crippen molar-refractivity contribution in [2.45, 2.75) is 17.1 Å². The molecule has 0 saturated heterocycles. The van der Waals surface area contributed by atoms with Crippen molar-refractivity contribution < 1.29 is 9.63 Å². The number of hydrogen-bond acceptors (Lipinski definition) is 3. The van der Waals surface area contributed by atoms with Crippen LogP contribution in [-0.4, -0.2) is 27.8 Å². The van der Waals surface area contributed by atoms with Crippen molar-refractivity contribution in [3.8, 4) is 0 Å². The summed E-state index contributed by atoms with van der Waals surface area (Å²) in [5.41, 5.74) is 0.163. The van der Waals surface area contributed by atoms with Crippen molar-refractivity contribution in [2.24, 2.45) is 5.16 Å². The molecule has 3 nitrogen and oxygen atoms in total. The fourth-order valence-corrected chi connectivity index (χ4v) is 0.934. The molecule has 0 aromatic heterocycles. The summed E-state index contributed by atoms with van der Waals surface area (Å²) in [6.07, 6.45) is 0. The molecule has 0 aliphatic heterocycles. The molecule has 0 heterocycles. The minimum absolute atomic E-state index is 0.0123. The predicted octanol–water partition coefficient (Wildman–Crippen LogP) is 2.56. The highest BCUT2D eigenvalue weighted by molar-refractivity contribution is 6.56. The number of carbonyl (C=O) groups is 1. The molecule has 0 aromatic carbocycles. The lowest BCUT2D eigenvalue weighted by Crippen LogP contribution is -2.16. The first kappa shape index (κ1) is 13.3. The summed E-state index contributed by atoms with van der Waals surface area (Å²) in [5, 5.41) is 2.58. The second kappa shape index (κ2) is 6.71. The van der Waals surface area contributed by atoms with Gasteiger partial charge >= 0.3 is 5.97 Å². The number of rotatable bonds is 4. The van der Waals surface area contributed by atoms with Crippen molar-refractivity contribution in [3.63, 3.8) is 0 Å². The first-order valence-electron chi connectivity index (χ1n) is 3.24. The molecular weight excluding hydrogens is 260 g/mol. The van der Waals surface area contributed by atoms with E-state index in [-0.39, 0.29) is 11.6 Å². The standard InChI is InChI=1S/C6H7Cl4NO2/c1-3(8)6(12)13-11-4(2-7)5(9)10/h3,5H,2H2,1H3. The van der Waals surface area contributed by atoms with E-state index in [1.165, 1.54) is 6.92 Å². The Kier molecular flexibility index (Phi) is 6.86. The van der Waals surface area contributed by atoms with E-state index < -0.39 is 16.2 Å². The Balaban J connectivity index is 4.15. The van der Waals surface area contributed by atoms with Gasteiger partial charge in [0.15, 0.2) is 0 Å². The van der Waals surface area contributed by atoms with Crippen molar-refractivity contribution in [1.29, 1.82) is 0 Å². The van der Waals surface area contributed by atoms with Crippen LogP contribution >= 0.6 is 46.4 Å². The molecule has 76 valence electrons. The molecule has 0 N–H and O–H groups in total. The zero-order valence-corrected chi connectivity index (χ0v) is 9.66. The van der Waals surface area contributed by atoms with E-state index in [1.54, 1.807) is 0 Å². The second-order valence-electron chi connectivity index (χ2n) is 2.04. The minimum Gasteiger partial charge on any atom is -0.317 e. The van der Waals surface area contributed by atoms with Gasteiger partial charge < -0.3 is 4.84 Å². The highest BCUT2D eigenvalue weighted by Crippen LogP contribution is 2.07. The molecule has 1 unspecified atom stereocenters. The van der Waals surface area contributed by atoms with E-state index in [0.29, 0.717) is 0 Å². The first-order valence-corrected chi connectivity index (χ1v) is 5.09. The van der Waals surface area contributed by atoms with Crippen LogP contribution in [0, 0.1) is 0 Å². The van der Waals surface area contributed by atoms with Crippen LogP contribution in [0.25, 0.3) is 0 Å². The number of carbonyl (C=O) groups excluding carboxylic acids is 1. The number of halogens is 4. The van der Waals surface area contributed by atoms with E-state index >= 15 is 0 Å². The lowest BCUT2D eigenvalue weighted by Gasteiger charge is -2.02. The largest absolute Gasteiger partial charge is 0.352 e. The Morgan fingerprint density at radius 2 is 2.00 bits per heavy atom. The SMILES string of the molecule is CC(Cl)C(=O)ON=C(CCl)C(Cl)Cl. The summed E-state index contributed by atoms with van der Waals surface area (Å²) in [4.78, 5) is 14.3. The monoisotopic (exact) mass is 265 g/mol. The van der Waals surface area contributed by atoms with Gasteiger partial charge in [0, 0.05) is 0 Å². The average molecular weight is 267 g/mol. The maximum Gasteiger partial charge on any atom is 0.352 e. The normalized spacial score (nSPS) is 14.5. The second-order valence-corrected chi connectivity index (χ2v) is 4.06. The molecule has 0 bridgehead atoms. The predicted molar refractivity (Wildman–Crippen MR) is 55.1 cm³/mol. The van der Waals surface area contributed by atoms with Gasteiger partial charge in [-0.3, -0.25) is 0 Å². The van der Waals surface area contributed by atoms with Crippen LogP contribution in [0.4, 0.5) is 0 Å². The van der Waals surface area contributed by atoms with Crippen LogP contribution in [0.15, 0.2) is 5.16 Å². The van der Waals surface area contributed by atoms with Crippen LogP contribution in [0.1, 0.15) is 6.92 Å². The van der Waals surface area contributed by atoms with Crippen molar-refractivity contribution in [3.05, 3.63) is 0 Å². The molecule has 0 saturated carbocycles. The lowest BCUT2D eigenvalue weighted by atomic mass is 10.5. The van der Waals surface area contributed by atoms with Crippen LogP contribution < -0.4 is 0 Å². The summed E-state index contributed by atoms with van der Waals surface area (Å²) >= 11 is 21.7. The molecule has 0 radical (unpaired) electrons. The quantitative estimate of drug-likeness (QED) is 0.340. The minimum atomic E-state index is -0.893. The molecule has 1 atom stereocenters. The van der Waals surface area contributed by atoms with E-state index in [1.807, 2.05) is 0 Å². The Labute approximate surface area is 95.9 Å². The fourth-order valence-electron chi connectivity index (χ4n) is 0.299. The summed E-state index contributed by atoms with van der Waals surface area (Å²) in [6.45, 7) is 1.46. The van der Waals surface area contributed by atoms with Gasteiger partial charge in [-0.1, -0.05) is 28.4 Å². The number of oxime groups is 1. The van der Waals surface area contributed by atoms with Gasteiger partial charge in [-0.25, -0.2) is 4.79 Å². The number of nitrogens with zero attached hydrogens (tertiary/aromatic N) is 1. The molecule has 0 aromatic rings. The van der Waals surface area contributed by atoms with Gasteiger partial charge in [0.05, 0.1) is 5.88 Å². The van der Waals surface area contributed by atoms with Crippen molar-refractivity contribution in [2.75, 3.05) is 5.88 Å². The molecule has 0 rings (SSSR count). The van der Waals surface area contributed by atoms with Gasteiger partial charge in [-0.15, -0.1) is 23.2 Å². The Hall–Kier alpha value is 0.300. The molecule has 0 spiro atoms. The Morgan fingerprint density at radius 3 is 2.31 bits per heavy atom. The van der Waals surface area contributed by atoms with E-state index in [2.05, 4.69) is 9.99 Å². The molecule has 0 amide bonds. The van der Waals surface area contributed by atoms with E-state index in [4.69, 9.17) is 46.4 Å². The maximum absolute atomic E-state index is 10.8. The fraction of sp³-hybridized carbons (Fsp3) is 0.667. The first-order chi connectivity index (χ1) is 5.99. The smallest absolute Gasteiger partial charge is 0.317 e. The highest BCUT2D eigenvalue weighted by atomic mass is 35.5. The topological polar surface area (TPSA) is 38.7 Å². The molecule has 7 heteroatoms. The maximum atomic E-state index is 10.8. The third-order valence-electron chi connectivity index (χ3n) is 0.966. The van der Waals surface area contributed by atoms with Crippen molar-refractivity contribution >= 4 is 58.1 Å². The Bertz CT molecular complexity index is 205. The van der Waals surface area contributed by atoms with Gasteiger partial charge in [-0.2, -0.15) is 0 Å². The zero-order valence-electron chi connectivity index (χ0n) is 6.64. The Morgan fingerprint density at radius 1 is 1.46 bits per heavy atom. The summed E-state index contributed by atoms with van der Waals surface area (Å²) in [6, 6.07) is 0. The molecule has 13 heavy (non-hydrogen) atoms. The van der Waals surface area contributed by atoms with Gasteiger partial charge in [0.2, 0.25) is 0 Å². The number of alkyl halides is 4. The van der Waals surface area contributed by atoms with E-state index in [9.17, 15) is 4.79 Å². The van der Waals surface area contributed by atoms with Crippen LogP contribution in [0.5, 0.6) is 0 Å². The molecule has 0 aliphatic rings. The summed E-state index contributed by atoms with van der Waals surface area (Å²) in [5.74, 6) is -0.694.